The summed E-state index contributed by atoms with van der Waals surface area (Å²) in [5.41, 5.74) is 5.09. The van der Waals surface area contributed by atoms with Gasteiger partial charge in [0.25, 0.3) is 0 Å². The second kappa shape index (κ2) is 7.96. The third-order valence-corrected chi connectivity index (χ3v) is 5.98. The van der Waals surface area contributed by atoms with Gasteiger partial charge in [0, 0.05) is 29.5 Å². The highest BCUT2D eigenvalue weighted by molar-refractivity contribution is 7.80. The number of rotatable bonds is 4. The quantitative estimate of drug-likeness (QED) is 0.435. The van der Waals surface area contributed by atoms with Gasteiger partial charge in [-0.1, -0.05) is 24.3 Å². The van der Waals surface area contributed by atoms with E-state index in [1.165, 1.54) is 17.7 Å². The first-order chi connectivity index (χ1) is 15.1. The average molecular weight is 429 g/mol. The van der Waals surface area contributed by atoms with E-state index in [-0.39, 0.29) is 17.9 Å². The third kappa shape index (κ3) is 3.49. The number of nitrogens with one attached hydrogen (secondary N) is 1. The van der Waals surface area contributed by atoms with Gasteiger partial charge in [-0.3, -0.25) is 4.98 Å². The lowest BCUT2D eigenvalue weighted by atomic mass is 10.0. The van der Waals surface area contributed by atoms with Crippen LogP contribution < -0.4 is 10.2 Å². The fourth-order valence-electron chi connectivity index (χ4n) is 4.22. The zero-order valence-corrected chi connectivity index (χ0v) is 17.8. The molecule has 5 rings (SSSR count). The summed E-state index contributed by atoms with van der Waals surface area (Å²) in [5.74, 6) is -0.275. The zero-order valence-electron chi connectivity index (χ0n) is 16.9. The molecule has 1 aliphatic heterocycles. The van der Waals surface area contributed by atoms with Crippen molar-refractivity contribution >= 4 is 23.0 Å². The Hall–Kier alpha value is -3.51. The molecule has 0 amide bonds. The number of halogens is 1. The van der Waals surface area contributed by atoms with Crippen LogP contribution in [0.15, 0.2) is 91.3 Å². The Morgan fingerprint density at radius 1 is 0.935 bits per heavy atom. The van der Waals surface area contributed by atoms with E-state index >= 15 is 0 Å². The van der Waals surface area contributed by atoms with Gasteiger partial charge in [0.1, 0.15) is 11.9 Å². The summed E-state index contributed by atoms with van der Waals surface area (Å²) in [7, 11) is 0. The lowest BCUT2D eigenvalue weighted by molar-refractivity contribution is 0.549. The predicted molar refractivity (Wildman–Crippen MR) is 125 cm³/mol. The number of aryl methyl sites for hydroxylation is 1. The first kappa shape index (κ1) is 19.5. The molecule has 2 atom stereocenters. The molecule has 154 valence electrons. The largest absolute Gasteiger partial charge is 0.351 e. The van der Waals surface area contributed by atoms with Gasteiger partial charge >= 0.3 is 0 Å². The topological polar surface area (TPSA) is 33.1 Å². The number of para-hydroxylation sites is 1. The number of hydrogen-bond acceptors (Lipinski definition) is 2. The Morgan fingerprint density at radius 3 is 2.45 bits per heavy atom. The van der Waals surface area contributed by atoms with Crippen molar-refractivity contribution in [1.29, 1.82) is 0 Å². The third-order valence-electron chi connectivity index (χ3n) is 5.66. The van der Waals surface area contributed by atoms with E-state index in [0.717, 1.165) is 22.8 Å². The molecular formula is C25H21FN4S. The van der Waals surface area contributed by atoms with Crippen molar-refractivity contribution in [2.24, 2.45) is 0 Å². The number of benzene rings is 2. The maximum absolute atomic E-state index is 13.6. The summed E-state index contributed by atoms with van der Waals surface area (Å²) in [6, 6.07) is 24.4. The van der Waals surface area contributed by atoms with Crippen LogP contribution in [-0.4, -0.2) is 14.7 Å². The average Bonchev–Trinajstić information content (AvgIpc) is 3.39. The Kier molecular flexibility index (Phi) is 5.00. The van der Waals surface area contributed by atoms with Crippen LogP contribution >= 0.6 is 12.2 Å². The molecule has 0 spiro atoms. The Balaban J connectivity index is 1.68. The van der Waals surface area contributed by atoms with E-state index in [0.29, 0.717) is 5.11 Å². The molecule has 2 aromatic carbocycles. The number of pyridine rings is 1. The first-order valence-electron chi connectivity index (χ1n) is 10.1. The van der Waals surface area contributed by atoms with Gasteiger partial charge in [-0.25, -0.2) is 4.39 Å². The molecule has 0 radical (unpaired) electrons. The first-order valence-corrected chi connectivity index (χ1v) is 10.5. The minimum absolute atomic E-state index is 0.156. The highest BCUT2D eigenvalue weighted by Crippen LogP contribution is 2.42. The van der Waals surface area contributed by atoms with Crippen molar-refractivity contribution in [3.63, 3.8) is 0 Å². The second-order valence-electron chi connectivity index (χ2n) is 7.56. The van der Waals surface area contributed by atoms with Gasteiger partial charge in [0.2, 0.25) is 0 Å². The molecule has 0 unspecified atom stereocenters. The molecule has 0 saturated carbocycles. The second-order valence-corrected chi connectivity index (χ2v) is 7.95. The van der Waals surface area contributed by atoms with Gasteiger partial charge in [0.05, 0.1) is 11.7 Å². The molecule has 1 saturated heterocycles. The summed E-state index contributed by atoms with van der Waals surface area (Å²) in [5, 5.41) is 4.04. The molecule has 6 heteroatoms. The molecule has 1 N–H and O–H groups in total. The van der Waals surface area contributed by atoms with E-state index in [2.05, 4.69) is 51.1 Å². The molecular weight excluding hydrogens is 407 g/mol. The standard InChI is InChI=1S/C25H21FN4S/c1-17-7-2-3-9-21(17)29-16-6-10-22(29)24-23(20-8-4-5-15-27-20)28-25(31)30(24)19-13-11-18(26)12-14-19/h2-16,23-24H,1H3,(H,28,31)/t23-,24-/m0/s1. The predicted octanol–water partition coefficient (Wildman–Crippen LogP) is 5.50. The van der Waals surface area contributed by atoms with E-state index < -0.39 is 0 Å². The van der Waals surface area contributed by atoms with Crippen LogP contribution in [0.3, 0.4) is 0 Å². The van der Waals surface area contributed by atoms with E-state index in [1.54, 1.807) is 18.3 Å². The number of anilines is 1. The highest BCUT2D eigenvalue weighted by Gasteiger charge is 2.42. The molecule has 4 nitrogen and oxygen atoms in total. The SMILES string of the molecule is Cc1ccccc1-n1cccc1[C@H]1[C@H](c2ccccn2)NC(=S)N1c1ccc(F)cc1. The molecule has 3 heterocycles. The molecule has 0 aliphatic carbocycles. The normalized spacial score (nSPS) is 18.3. The van der Waals surface area contributed by atoms with Crippen LogP contribution in [0.1, 0.15) is 29.0 Å². The zero-order chi connectivity index (χ0) is 21.4. The summed E-state index contributed by atoms with van der Waals surface area (Å²) in [4.78, 5) is 6.65. The van der Waals surface area contributed by atoms with Crippen LogP contribution in [0.25, 0.3) is 5.69 Å². The van der Waals surface area contributed by atoms with Crippen molar-refractivity contribution in [3.8, 4) is 5.69 Å². The number of nitrogens with zero attached hydrogens (tertiary/aromatic N) is 3. The van der Waals surface area contributed by atoms with Gasteiger partial charge in [-0.15, -0.1) is 0 Å². The summed E-state index contributed by atoms with van der Waals surface area (Å²) >= 11 is 5.75. The minimum Gasteiger partial charge on any atom is -0.351 e. The Morgan fingerprint density at radius 2 is 1.71 bits per heavy atom. The van der Waals surface area contributed by atoms with Crippen molar-refractivity contribution in [2.75, 3.05) is 4.90 Å². The number of thiocarbonyl (C=S) groups is 1. The van der Waals surface area contributed by atoms with E-state index in [9.17, 15) is 4.39 Å². The summed E-state index contributed by atoms with van der Waals surface area (Å²) in [6.07, 6.45) is 3.86. The fourth-order valence-corrected chi connectivity index (χ4v) is 4.57. The number of hydrogen-bond donors (Lipinski definition) is 1. The van der Waals surface area contributed by atoms with Gasteiger partial charge in [-0.05, 0) is 79.3 Å². The Labute approximate surface area is 186 Å². The molecule has 31 heavy (non-hydrogen) atoms. The van der Waals surface area contributed by atoms with Gasteiger partial charge in [-0.2, -0.15) is 0 Å². The maximum atomic E-state index is 13.6. The van der Waals surface area contributed by atoms with Crippen LogP contribution in [0.2, 0.25) is 0 Å². The van der Waals surface area contributed by atoms with Crippen molar-refractivity contribution < 1.29 is 4.39 Å². The van der Waals surface area contributed by atoms with Crippen molar-refractivity contribution in [2.45, 2.75) is 19.0 Å². The van der Waals surface area contributed by atoms with Crippen LogP contribution in [0.4, 0.5) is 10.1 Å². The summed E-state index contributed by atoms with van der Waals surface area (Å²) in [6.45, 7) is 2.10. The van der Waals surface area contributed by atoms with E-state index in [1.807, 2.05) is 36.4 Å². The summed E-state index contributed by atoms with van der Waals surface area (Å²) < 4.78 is 15.8. The maximum Gasteiger partial charge on any atom is 0.174 e. The number of aromatic nitrogens is 2. The Bertz CT molecular complexity index is 1220. The molecule has 1 fully saturated rings. The lowest BCUT2D eigenvalue weighted by Crippen LogP contribution is -2.30. The van der Waals surface area contributed by atoms with Crippen molar-refractivity contribution in [3.05, 3.63) is 114 Å². The molecule has 0 bridgehead atoms. The van der Waals surface area contributed by atoms with Gasteiger partial charge < -0.3 is 14.8 Å². The van der Waals surface area contributed by atoms with Crippen LogP contribution in [-0.2, 0) is 0 Å². The minimum atomic E-state index is -0.275. The van der Waals surface area contributed by atoms with Crippen LogP contribution in [0, 0.1) is 12.7 Å². The van der Waals surface area contributed by atoms with Crippen LogP contribution in [0.5, 0.6) is 0 Å². The highest BCUT2D eigenvalue weighted by atomic mass is 32.1. The fraction of sp³-hybridized carbons (Fsp3) is 0.120. The van der Waals surface area contributed by atoms with E-state index in [4.69, 9.17) is 12.2 Å². The monoisotopic (exact) mass is 428 g/mol. The molecule has 2 aromatic heterocycles. The molecule has 1 aliphatic rings. The lowest BCUT2D eigenvalue weighted by Gasteiger charge is -2.29. The van der Waals surface area contributed by atoms with Gasteiger partial charge in [0.15, 0.2) is 5.11 Å². The smallest absolute Gasteiger partial charge is 0.174 e. The molecule has 4 aromatic rings. The van der Waals surface area contributed by atoms with Crippen molar-refractivity contribution in [1.82, 2.24) is 14.9 Å².